The third-order valence-electron chi connectivity index (χ3n) is 5.38. The van der Waals surface area contributed by atoms with E-state index < -0.39 is 0 Å². The minimum Gasteiger partial charge on any atom is -0.340 e. The zero-order chi connectivity index (χ0) is 22.8. The van der Waals surface area contributed by atoms with Crippen molar-refractivity contribution in [1.29, 1.82) is 0 Å². The second-order valence-corrected chi connectivity index (χ2v) is 9.42. The minimum atomic E-state index is -0.0487. The van der Waals surface area contributed by atoms with Crippen LogP contribution in [0.3, 0.4) is 0 Å². The van der Waals surface area contributed by atoms with Crippen molar-refractivity contribution >= 4 is 60.1 Å². The number of pyridine rings is 1. The topological polar surface area (TPSA) is 42.0 Å². The van der Waals surface area contributed by atoms with Crippen LogP contribution in [-0.4, -0.2) is 10.8 Å². The number of rotatable bonds is 5. The van der Waals surface area contributed by atoms with Crippen LogP contribution >= 0.6 is 31.9 Å². The van der Waals surface area contributed by atoms with Crippen LogP contribution in [0.4, 0.5) is 11.5 Å². The molecule has 3 nitrogen and oxygen atoms in total. The van der Waals surface area contributed by atoms with Crippen LogP contribution in [0.5, 0.6) is 0 Å². The Bertz CT molecular complexity index is 1470. The maximum atomic E-state index is 13.3. The van der Waals surface area contributed by atoms with E-state index >= 15 is 0 Å². The van der Waals surface area contributed by atoms with Gasteiger partial charge in [0.15, 0.2) is 5.78 Å². The molecule has 4 aromatic carbocycles. The van der Waals surface area contributed by atoms with Crippen molar-refractivity contribution in [2.24, 2.45) is 0 Å². The molecule has 0 aliphatic heterocycles. The van der Waals surface area contributed by atoms with Gasteiger partial charge < -0.3 is 5.32 Å². The molecular formula is C28H18Br2N2O. The predicted molar refractivity (Wildman–Crippen MR) is 142 cm³/mol. The van der Waals surface area contributed by atoms with Crippen LogP contribution in [0, 0.1) is 0 Å². The number of nitrogens with one attached hydrogen (secondary N) is 1. The van der Waals surface area contributed by atoms with Crippen molar-refractivity contribution in [3.8, 4) is 11.1 Å². The number of ketones is 1. The molecule has 0 amide bonds. The Balaban J connectivity index is 1.62. The fourth-order valence-electron chi connectivity index (χ4n) is 3.81. The molecule has 33 heavy (non-hydrogen) atoms. The molecule has 0 spiro atoms. The van der Waals surface area contributed by atoms with Crippen molar-refractivity contribution in [2.75, 3.05) is 5.32 Å². The third-order valence-corrected chi connectivity index (χ3v) is 6.37. The van der Waals surface area contributed by atoms with Crippen LogP contribution in [0.1, 0.15) is 15.9 Å². The van der Waals surface area contributed by atoms with Gasteiger partial charge in [0.1, 0.15) is 5.82 Å². The van der Waals surface area contributed by atoms with E-state index in [1.807, 2.05) is 84.9 Å². The van der Waals surface area contributed by atoms with Gasteiger partial charge in [-0.25, -0.2) is 4.98 Å². The molecule has 5 aromatic rings. The van der Waals surface area contributed by atoms with E-state index in [0.717, 1.165) is 31.0 Å². The average molecular weight is 558 g/mol. The number of fused-ring (bicyclic) bond motifs is 1. The molecule has 0 unspecified atom stereocenters. The second kappa shape index (κ2) is 9.30. The zero-order valence-corrected chi connectivity index (χ0v) is 20.6. The van der Waals surface area contributed by atoms with E-state index in [2.05, 4.69) is 55.4 Å². The molecule has 5 heteroatoms. The van der Waals surface area contributed by atoms with Crippen LogP contribution in [0.25, 0.3) is 22.0 Å². The van der Waals surface area contributed by atoms with E-state index in [1.165, 1.54) is 0 Å². The lowest BCUT2D eigenvalue weighted by molar-refractivity contribution is 0.103. The number of nitrogens with zero attached hydrogens (tertiary/aromatic N) is 1. The summed E-state index contributed by atoms with van der Waals surface area (Å²) in [5.74, 6) is 0.625. The van der Waals surface area contributed by atoms with Gasteiger partial charge in [-0.05, 0) is 53.6 Å². The Labute approximate surface area is 208 Å². The molecule has 5 rings (SSSR count). The van der Waals surface area contributed by atoms with E-state index in [4.69, 9.17) is 4.98 Å². The first-order chi connectivity index (χ1) is 16.1. The van der Waals surface area contributed by atoms with Gasteiger partial charge in [-0.2, -0.15) is 0 Å². The van der Waals surface area contributed by atoms with Crippen molar-refractivity contribution in [3.63, 3.8) is 0 Å². The first-order valence-electron chi connectivity index (χ1n) is 10.4. The SMILES string of the molecule is O=C(c1ccccc1)c1cc(Br)ccc1Nc1cc(-c2ccccc2)c2cc(Br)ccc2n1. The summed E-state index contributed by atoms with van der Waals surface area (Å²) in [7, 11) is 0. The molecule has 1 heterocycles. The molecule has 0 aliphatic rings. The number of aromatic nitrogens is 1. The van der Waals surface area contributed by atoms with Crippen LogP contribution in [0.15, 0.2) is 112 Å². The normalized spacial score (nSPS) is 10.8. The molecule has 0 atom stereocenters. The lowest BCUT2D eigenvalue weighted by Gasteiger charge is -2.15. The lowest BCUT2D eigenvalue weighted by atomic mass is 10.0. The fraction of sp³-hybridized carbons (Fsp3) is 0. The van der Waals surface area contributed by atoms with E-state index in [1.54, 1.807) is 0 Å². The smallest absolute Gasteiger partial charge is 0.195 e. The van der Waals surface area contributed by atoms with Gasteiger partial charge in [-0.15, -0.1) is 0 Å². The highest BCUT2D eigenvalue weighted by Gasteiger charge is 2.16. The molecule has 1 aromatic heterocycles. The third kappa shape index (κ3) is 4.61. The highest BCUT2D eigenvalue weighted by Crippen LogP contribution is 2.34. The van der Waals surface area contributed by atoms with Crippen molar-refractivity contribution < 1.29 is 4.79 Å². The molecule has 0 radical (unpaired) electrons. The summed E-state index contributed by atoms with van der Waals surface area (Å²) < 4.78 is 1.84. The molecule has 0 saturated carbocycles. The number of carbonyl (C=O) groups is 1. The van der Waals surface area contributed by atoms with Gasteiger partial charge in [0, 0.05) is 25.5 Å². The van der Waals surface area contributed by atoms with E-state index in [0.29, 0.717) is 22.6 Å². The van der Waals surface area contributed by atoms with Crippen molar-refractivity contribution in [1.82, 2.24) is 4.98 Å². The number of hydrogen-bond donors (Lipinski definition) is 1. The number of anilines is 2. The molecule has 0 bridgehead atoms. The maximum absolute atomic E-state index is 13.3. The van der Waals surface area contributed by atoms with Gasteiger partial charge in [0.05, 0.1) is 11.2 Å². The quantitative estimate of drug-likeness (QED) is 0.220. The van der Waals surface area contributed by atoms with E-state index in [-0.39, 0.29) is 5.78 Å². The van der Waals surface area contributed by atoms with Gasteiger partial charge in [-0.3, -0.25) is 4.79 Å². The van der Waals surface area contributed by atoms with Crippen LogP contribution < -0.4 is 5.32 Å². The highest BCUT2D eigenvalue weighted by atomic mass is 79.9. The zero-order valence-electron chi connectivity index (χ0n) is 17.4. The second-order valence-electron chi connectivity index (χ2n) is 7.59. The maximum Gasteiger partial charge on any atom is 0.195 e. The number of benzene rings is 4. The summed E-state index contributed by atoms with van der Waals surface area (Å²) in [6.07, 6.45) is 0. The standard InChI is InChI=1S/C28H18Br2N2O/c29-20-11-13-25-23(15-20)22(18-7-3-1-4-8-18)17-27(31-25)32-26-14-12-21(30)16-24(26)28(33)19-9-5-2-6-10-19/h1-17H,(H,31,32). The Hall–Kier alpha value is -3.28. The first-order valence-corrected chi connectivity index (χ1v) is 12.0. The fourth-order valence-corrected chi connectivity index (χ4v) is 4.54. The lowest BCUT2D eigenvalue weighted by Crippen LogP contribution is -2.06. The molecule has 0 saturated heterocycles. The number of carbonyl (C=O) groups excluding carboxylic acids is 1. The summed E-state index contributed by atoms with van der Waals surface area (Å²) in [5.41, 5.74) is 4.96. The van der Waals surface area contributed by atoms with Gasteiger partial charge in [0.2, 0.25) is 0 Å². The summed E-state index contributed by atoms with van der Waals surface area (Å²) in [6.45, 7) is 0. The van der Waals surface area contributed by atoms with E-state index in [9.17, 15) is 4.79 Å². The summed E-state index contributed by atoms with van der Waals surface area (Å²) >= 11 is 7.08. The van der Waals surface area contributed by atoms with Crippen LogP contribution in [0.2, 0.25) is 0 Å². The summed E-state index contributed by atoms with van der Waals surface area (Å²) in [4.78, 5) is 18.1. The molecule has 160 valence electrons. The predicted octanol–water partition coefficient (Wildman–Crippen LogP) is 8.40. The number of halogens is 2. The summed E-state index contributed by atoms with van der Waals surface area (Å²) in [5, 5.41) is 4.46. The number of hydrogen-bond acceptors (Lipinski definition) is 3. The Morgan fingerprint density at radius 2 is 1.39 bits per heavy atom. The average Bonchev–Trinajstić information content (AvgIpc) is 2.85. The highest BCUT2D eigenvalue weighted by molar-refractivity contribution is 9.10. The van der Waals surface area contributed by atoms with Crippen molar-refractivity contribution in [2.45, 2.75) is 0 Å². The Morgan fingerprint density at radius 3 is 2.15 bits per heavy atom. The van der Waals surface area contributed by atoms with Crippen molar-refractivity contribution in [3.05, 3.63) is 123 Å². The molecule has 0 fully saturated rings. The summed E-state index contributed by atoms with van der Waals surface area (Å²) in [6, 6.07) is 33.3. The first kappa shape index (κ1) is 21.6. The molecule has 0 aliphatic carbocycles. The van der Waals surface area contributed by atoms with Gasteiger partial charge in [0.25, 0.3) is 0 Å². The molecule has 1 N–H and O–H groups in total. The van der Waals surface area contributed by atoms with Gasteiger partial charge in [-0.1, -0.05) is 92.5 Å². The minimum absolute atomic E-state index is 0.0487. The molecular weight excluding hydrogens is 540 g/mol. The van der Waals surface area contributed by atoms with Crippen LogP contribution in [-0.2, 0) is 0 Å². The Kier molecular flexibility index (Phi) is 6.07. The largest absolute Gasteiger partial charge is 0.340 e. The monoisotopic (exact) mass is 556 g/mol. The Morgan fingerprint density at radius 1 is 0.727 bits per heavy atom. The van der Waals surface area contributed by atoms with Gasteiger partial charge >= 0.3 is 0 Å².